The molecule has 2 rings (SSSR count). The van der Waals surface area contributed by atoms with Crippen LogP contribution in [0, 0.1) is 5.92 Å². The molecule has 0 aliphatic heterocycles. The van der Waals surface area contributed by atoms with E-state index in [1.807, 2.05) is 31.2 Å². The lowest BCUT2D eigenvalue weighted by Crippen LogP contribution is -2.32. The van der Waals surface area contributed by atoms with Crippen molar-refractivity contribution in [2.45, 2.75) is 45.1 Å². The van der Waals surface area contributed by atoms with Crippen molar-refractivity contribution in [1.29, 1.82) is 0 Å². The Bertz CT molecular complexity index is 477. The highest BCUT2D eigenvalue weighted by Gasteiger charge is 2.14. The maximum atomic E-state index is 10.5. The maximum Gasteiger partial charge on any atom is 0.404 e. The summed E-state index contributed by atoms with van der Waals surface area (Å²) in [6.07, 6.45) is 5.21. The average molecular weight is 344 g/mol. The zero-order valence-corrected chi connectivity index (χ0v) is 14.3. The Labute approximate surface area is 143 Å². The van der Waals surface area contributed by atoms with Gasteiger partial charge >= 0.3 is 6.09 Å². The van der Waals surface area contributed by atoms with Crippen LogP contribution < -0.4 is 14.8 Å². The number of rotatable bonds is 7. The van der Waals surface area contributed by atoms with E-state index < -0.39 is 6.09 Å². The lowest BCUT2D eigenvalue weighted by Gasteiger charge is -2.22. The molecule has 1 aliphatic rings. The Balaban J connectivity index is 0.00000264. The van der Waals surface area contributed by atoms with Gasteiger partial charge in [0.1, 0.15) is 17.6 Å². The van der Waals surface area contributed by atoms with Crippen LogP contribution in [0.5, 0.6) is 11.5 Å². The normalized spacial score (nSPS) is 16.0. The third-order valence-corrected chi connectivity index (χ3v) is 3.89. The maximum absolute atomic E-state index is 10.5. The first-order chi connectivity index (χ1) is 10.6. The summed E-state index contributed by atoms with van der Waals surface area (Å²) in [5, 5.41) is 10.9. The Morgan fingerprint density at radius 1 is 1.30 bits per heavy atom. The van der Waals surface area contributed by atoms with Gasteiger partial charge in [-0.15, -0.1) is 12.4 Å². The number of carboxylic acid groups (broad SMARTS) is 1. The highest BCUT2D eigenvalue weighted by molar-refractivity contribution is 5.85. The Hall–Kier alpha value is -1.62. The van der Waals surface area contributed by atoms with E-state index in [1.165, 1.54) is 32.1 Å². The van der Waals surface area contributed by atoms with Crippen molar-refractivity contribution in [1.82, 2.24) is 5.32 Å². The molecule has 2 N–H and O–H groups in total. The molecular weight excluding hydrogens is 318 g/mol. The number of nitrogens with one attached hydrogen (secondary N) is 1. The van der Waals surface area contributed by atoms with Gasteiger partial charge in [0, 0.05) is 6.07 Å². The minimum Gasteiger partial charge on any atom is -0.493 e. The molecule has 1 aromatic carbocycles. The number of hydrogen-bond donors (Lipinski definition) is 2. The molecule has 1 saturated carbocycles. The van der Waals surface area contributed by atoms with Gasteiger partial charge in [-0.05, 0) is 37.8 Å². The van der Waals surface area contributed by atoms with Crippen molar-refractivity contribution in [3.05, 3.63) is 24.3 Å². The fraction of sp³-hybridized carbons (Fsp3) is 0.588. The second kappa shape index (κ2) is 10.2. The molecule has 0 heterocycles. The van der Waals surface area contributed by atoms with Crippen LogP contribution in [0.3, 0.4) is 0 Å². The highest BCUT2D eigenvalue weighted by Crippen LogP contribution is 2.26. The van der Waals surface area contributed by atoms with Gasteiger partial charge in [0.15, 0.2) is 0 Å². The predicted octanol–water partition coefficient (Wildman–Crippen LogP) is 4.10. The quantitative estimate of drug-likeness (QED) is 0.782. The first-order valence-electron chi connectivity index (χ1n) is 8.00. The summed E-state index contributed by atoms with van der Waals surface area (Å²) in [6, 6.07) is 7.53. The Morgan fingerprint density at radius 3 is 2.70 bits per heavy atom. The summed E-state index contributed by atoms with van der Waals surface area (Å²) < 4.78 is 11.6. The van der Waals surface area contributed by atoms with Gasteiger partial charge in [-0.2, -0.15) is 0 Å². The number of halogens is 1. The van der Waals surface area contributed by atoms with Crippen molar-refractivity contribution in [2.24, 2.45) is 5.92 Å². The first-order valence-corrected chi connectivity index (χ1v) is 8.00. The Morgan fingerprint density at radius 2 is 2.00 bits per heavy atom. The SMILES string of the molecule is CC(CNC(=O)O)Oc1cccc(OCC2CCCCC2)c1.Cl. The third-order valence-electron chi connectivity index (χ3n) is 3.89. The molecule has 0 spiro atoms. The minimum atomic E-state index is -1.04. The zero-order valence-electron chi connectivity index (χ0n) is 13.5. The van der Waals surface area contributed by atoms with E-state index in [1.54, 1.807) is 0 Å². The second-order valence-electron chi connectivity index (χ2n) is 5.90. The third kappa shape index (κ3) is 7.46. The van der Waals surface area contributed by atoms with E-state index in [0.717, 1.165) is 12.4 Å². The van der Waals surface area contributed by atoms with Gasteiger partial charge in [0.25, 0.3) is 0 Å². The minimum absolute atomic E-state index is 0. The summed E-state index contributed by atoms with van der Waals surface area (Å²) in [7, 11) is 0. The molecule has 1 aromatic rings. The molecule has 1 atom stereocenters. The van der Waals surface area contributed by atoms with E-state index in [9.17, 15) is 4.79 Å². The van der Waals surface area contributed by atoms with E-state index >= 15 is 0 Å². The van der Waals surface area contributed by atoms with Crippen molar-refractivity contribution < 1.29 is 19.4 Å². The molecule has 0 bridgehead atoms. The lowest BCUT2D eigenvalue weighted by atomic mass is 9.90. The van der Waals surface area contributed by atoms with Crippen molar-refractivity contribution >= 4 is 18.5 Å². The van der Waals surface area contributed by atoms with Gasteiger partial charge in [-0.25, -0.2) is 4.79 Å². The molecule has 0 aromatic heterocycles. The Kier molecular flexibility index (Phi) is 8.62. The number of carbonyl (C=O) groups is 1. The first kappa shape index (κ1) is 19.4. The lowest BCUT2D eigenvalue weighted by molar-refractivity contribution is 0.177. The molecule has 1 aliphatic carbocycles. The van der Waals surface area contributed by atoms with Crippen LogP contribution in [0.1, 0.15) is 39.0 Å². The van der Waals surface area contributed by atoms with Gasteiger partial charge in [0.2, 0.25) is 0 Å². The van der Waals surface area contributed by atoms with E-state index in [2.05, 4.69) is 5.32 Å². The summed E-state index contributed by atoms with van der Waals surface area (Å²) in [5.41, 5.74) is 0. The molecular formula is C17H26ClNO4. The number of benzene rings is 1. The zero-order chi connectivity index (χ0) is 15.8. The fourth-order valence-corrected chi connectivity index (χ4v) is 2.71. The van der Waals surface area contributed by atoms with Gasteiger partial charge in [0.05, 0.1) is 13.2 Å². The van der Waals surface area contributed by atoms with Crippen LogP contribution in [0.4, 0.5) is 4.79 Å². The van der Waals surface area contributed by atoms with Gasteiger partial charge < -0.3 is 19.9 Å². The smallest absolute Gasteiger partial charge is 0.404 e. The second-order valence-corrected chi connectivity index (χ2v) is 5.90. The predicted molar refractivity (Wildman–Crippen MR) is 91.9 cm³/mol. The molecule has 5 nitrogen and oxygen atoms in total. The monoisotopic (exact) mass is 343 g/mol. The summed E-state index contributed by atoms with van der Waals surface area (Å²) in [5.74, 6) is 2.17. The molecule has 6 heteroatoms. The van der Waals surface area contributed by atoms with E-state index in [0.29, 0.717) is 11.7 Å². The highest BCUT2D eigenvalue weighted by atomic mass is 35.5. The molecule has 1 fully saturated rings. The largest absolute Gasteiger partial charge is 0.493 e. The molecule has 23 heavy (non-hydrogen) atoms. The summed E-state index contributed by atoms with van der Waals surface area (Å²) in [4.78, 5) is 10.5. The van der Waals surface area contributed by atoms with E-state index in [-0.39, 0.29) is 25.1 Å². The number of amides is 1. The fourth-order valence-electron chi connectivity index (χ4n) is 2.71. The summed E-state index contributed by atoms with van der Waals surface area (Å²) in [6.45, 7) is 2.84. The molecule has 130 valence electrons. The number of hydrogen-bond acceptors (Lipinski definition) is 3. The standard InChI is InChI=1S/C17H25NO4.ClH/c1-13(11-18-17(19)20)22-16-9-5-8-15(10-16)21-12-14-6-3-2-4-7-14;/h5,8-10,13-14,18H,2-4,6-7,11-12H2,1H3,(H,19,20);1H. The van der Waals surface area contributed by atoms with Crippen LogP contribution in [0.2, 0.25) is 0 Å². The average Bonchev–Trinajstić information content (AvgIpc) is 2.52. The van der Waals surface area contributed by atoms with Gasteiger partial charge in [-0.1, -0.05) is 25.3 Å². The topological polar surface area (TPSA) is 67.8 Å². The van der Waals surface area contributed by atoms with Crippen molar-refractivity contribution in [3.8, 4) is 11.5 Å². The molecule has 1 unspecified atom stereocenters. The van der Waals surface area contributed by atoms with Crippen LogP contribution in [0.25, 0.3) is 0 Å². The van der Waals surface area contributed by atoms with E-state index in [4.69, 9.17) is 14.6 Å². The van der Waals surface area contributed by atoms with Crippen LogP contribution in [0.15, 0.2) is 24.3 Å². The van der Waals surface area contributed by atoms with Crippen LogP contribution in [-0.2, 0) is 0 Å². The van der Waals surface area contributed by atoms with Crippen LogP contribution in [-0.4, -0.2) is 30.5 Å². The van der Waals surface area contributed by atoms with Crippen molar-refractivity contribution in [2.75, 3.05) is 13.2 Å². The number of ether oxygens (including phenoxy) is 2. The molecule has 1 amide bonds. The van der Waals surface area contributed by atoms with Crippen LogP contribution >= 0.6 is 12.4 Å². The van der Waals surface area contributed by atoms with Crippen molar-refractivity contribution in [3.63, 3.8) is 0 Å². The summed E-state index contributed by atoms with van der Waals surface area (Å²) >= 11 is 0. The molecule has 0 radical (unpaired) electrons. The molecule has 0 saturated heterocycles. The van der Waals surface area contributed by atoms with Gasteiger partial charge in [-0.3, -0.25) is 0 Å².